The maximum absolute atomic E-state index is 6.20. The minimum atomic E-state index is -0.404. The van der Waals surface area contributed by atoms with Gasteiger partial charge in [0.2, 0.25) is 0 Å². The second-order valence-corrected chi connectivity index (χ2v) is 6.79. The Bertz CT molecular complexity index is 624. The zero-order chi connectivity index (χ0) is 13.6. The van der Waals surface area contributed by atoms with E-state index in [4.69, 9.17) is 15.0 Å². The van der Waals surface area contributed by atoms with Crippen molar-refractivity contribution >= 4 is 39.7 Å². The van der Waals surface area contributed by atoms with E-state index in [1.165, 1.54) is 0 Å². The highest BCUT2D eigenvalue weighted by Crippen LogP contribution is 2.45. The van der Waals surface area contributed by atoms with E-state index >= 15 is 0 Å². The van der Waals surface area contributed by atoms with Crippen molar-refractivity contribution in [1.82, 2.24) is 10.1 Å². The van der Waals surface area contributed by atoms with Crippen LogP contribution in [0.25, 0.3) is 10.8 Å². The molecule has 1 aliphatic carbocycles. The molecule has 0 bridgehead atoms. The number of nitrogens with two attached hydrogens (primary N) is 1. The third-order valence-electron chi connectivity index (χ3n) is 3.49. The molecule has 0 radical (unpaired) electrons. The Hall–Kier alpha value is -0.630. The smallest absolute Gasteiger partial charge is 0.271 e. The molecule has 110 valence electrons. The van der Waals surface area contributed by atoms with Crippen molar-refractivity contribution < 1.29 is 9.26 Å². The Kier molecular flexibility index (Phi) is 4.44. The molecule has 2 N–H and O–H groups in total. The summed E-state index contributed by atoms with van der Waals surface area (Å²) < 4.78 is 11.7. The first kappa shape index (κ1) is 15.8. The molecule has 0 spiro atoms. The fourth-order valence-electron chi connectivity index (χ4n) is 2.13. The first-order valence-electron chi connectivity index (χ1n) is 6.01. The van der Waals surface area contributed by atoms with Crippen LogP contribution in [0.15, 0.2) is 9.00 Å². The van der Waals surface area contributed by atoms with Gasteiger partial charge in [-0.15, -0.1) is 23.7 Å². The summed E-state index contributed by atoms with van der Waals surface area (Å²) >= 11 is 5.06. The van der Waals surface area contributed by atoms with Crippen molar-refractivity contribution in [3.63, 3.8) is 0 Å². The van der Waals surface area contributed by atoms with Gasteiger partial charge in [0.1, 0.15) is 4.88 Å². The van der Waals surface area contributed by atoms with Crippen molar-refractivity contribution in [3.8, 4) is 16.5 Å². The largest absolute Gasteiger partial charge is 0.494 e. The summed E-state index contributed by atoms with van der Waals surface area (Å²) in [6.07, 6.45) is 2.94. The Morgan fingerprint density at radius 3 is 2.70 bits per heavy atom. The molecule has 1 aliphatic rings. The summed E-state index contributed by atoms with van der Waals surface area (Å²) in [5.74, 6) is 1.80. The Morgan fingerprint density at radius 2 is 2.15 bits per heavy atom. The van der Waals surface area contributed by atoms with Crippen LogP contribution in [-0.4, -0.2) is 17.3 Å². The van der Waals surface area contributed by atoms with Gasteiger partial charge in [0.15, 0.2) is 11.6 Å². The Morgan fingerprint density at radius 1 is 1.45 bits per heavy atom. The molecule has 0 aliphatic heterocycles. The van der Waals surface area contributed by atoms with Crippen LogP contribution in [-0.2, 0) is 5.54 Å². The molecule has 2 aromatic rings. The molecule has 0 unspecified atom stereocenters. The third-order valence-corrected chi connectivity index (χ3v) is 5.78. The predicted molar refractivity (Wildman–Crippen MR) is 83.6 cm³/mol. The molecule has 20 heavy (non-hydrogen) atoms. The van der Waals surface area contributed by atoms with Crippen LogP contribution in [0.3, 0.4) is 0 Å². The molecular weight excluding hydrogens is 366 g/mol. The standard InChI is InChI=1S/C12H14BrN3O2S.ClH/c1-6-7(13)8(17-2)9(19-6)10-15-11(16-18-10)12(14)4-3-5-12;/h3-5,14H2,1-2H3;1H. The zero-order valence-electron chi connectivity index (χ0n) is 11.1. The highest BCUT2D eigenvalue weighted by molar-refractivity contribution is 9.10. The quantitative estimate of drug-likeness (QED) is 0.880. The number of halogens is 2. The zero-order valence-corrected chi connectivity index (χ0v) is 14.3. The maximum atomic E-state index is 6.20. The van der Waals surface area contributed by atoms with Crippen LogP contribution in [0.2, 0.25) is 0 Å². The molecule has 5 nitrogen and oxygen atoms in total. The molecule has 1 saturated carbocycles. The van der Waals surface area contributed by atoms with Gasteiger partial charge in [-0.2, -0.15) is 4.98 Å². The van der Waals surface area contributed by atoms with E-state index in [0.29, 0.717) is 11.7 Å². The summed E-state index contributed by atoms with van der Waals surface area (Å²) in [7, 11) is 1.63. The monoisotopic (exact) mass is 379 g/mol. The summed E-state index contributed by atoms with van der Waals surface area (Å²) in [5, 5.41) is 4.03. The minimum absolute atomic E-state index is 0. The van der Waals surface area contributed by atoms with Crippen molar-refractivity contribution in [2.45, 2.75) is 31.7 Å². The first-order valence-corrected chi connectivity index (χ1v) is 7.62. The van der Waals surface area contributed by atoms with E-state index in [0.717, 1.165) is 39.2 Å². The average molecular weight is 381 g/mol. The van der Waals surface area contributed by atoms with Crippen LogP contribution in [0.4, 0.5) is 0 Å². The first-order chi connectivity index (χ1) is 9.05. The summed E-state index contributed by atoms with van der Waals surface area (Å²) in [6.45, 7) is 2.01. The van der Waals surface area contributed by atoms with Crippen molar-refractivity contribution in [3.05, 3.63) is 15.2 Å². The fraction of sp³-hybridized carbons (Fsp3) is 0.500. The van der Waals surface area contributed by atoms with Gasteiger partial charge in [0.25, 0.3) is 5.89 Å². The number of thiophene rings is 1. The summed E-state index contributed by atoms with van der Waals surface area (Å²) in [4.78, 5) is 6.39. The van der Waals surface area contributed by atoms with E-state index < -0.39 is 5.54 Å². The van der Waals surface area contributed by atoms with Gasteiger partial charge in [-0.25, -0.2) is 0 Å². The number of methoxy groups -OCH3 is 1. The van der Waals surface area contributed by atoms with Gasteiger partial charge >= 0.3 is 0 Å². The van der Waals surface area contributed by atoms with Crippen molar-refractivity contribution in [2.24, 2.45) is 5.73 Å². The summed E-state index contributed by atoms with van der Waals surface area (Å²) in [5.41, 5.74) is 5.79. The van der Waals surface area contributed by atoms with Crippen LogP contribution < -0.4 is 10.5 Å². The van der Waals surface area contributed by atoms with Gasteiger partial charge in [0, 0.05) is 4.88 Å². The number of ether oxygens (including phenoxy) is 1. The number of aromatic nitrogens is 2. The number of aryl methyl sites for hydroxylation is 1. The highest BCUT2D eigenvalue weighted by atomic mass is 79.9. The van der Waals surface area contributed by atoms with Crippen molar-refractivity contribution in [2.75, 3.05) is 7.11 Å². The molecule has 0 atom stereocenters. The van der Waals surface area contributed by atoms with Crippen molar-refractivity contribution in [1.29, 1.82) is 0 Å². The van der Waals surface area contributed by atoms with E-state index in [1.807, 2.05) is 6.92 Å². The molecule has 8 heteroatoms. The number of hydrogen-bond donors (Lipinski definition) is 1. The lowest BCUT2D eigenvalue weighted by Crippen LogP contribution is -2.44. The van der Waals surface area contributed by atoms with Crippen LogP contribution in [0.5, 0.6) is 5.75 Å². The van der Waals surface area contributed by atoms with Gasteiger partial charge in [-0.3, -0.25) is 0 Å². The average Bonchev–Trinajstić information content (AvgIpc) is 2.93. The van der Waals surface area contributed by atoms with Crippen LogP contribution in [0.1, 0.15) is 30.0 Å². The number of rotatable bonds is 3. The topological polar surface area (TPSA) is 74.2 Å². The predicted octanol–water partition coefficient (Wildman–Crippen LogP) is 3.64. The van der Waals surface area contributed by atoms with Gasteiger partial charge in [-0.1, -0.05) is 5.16 Å². The lowest BCUT2D eigenvalue weighted by atomic mass is 9.77. The molecule has 0 saturated heterocycles. The second kappa shape index (κ2) is 5.63. The molecule has 2 heterocycles. The fourth-order valence-corrected chi connectivity index (χ4v) is 3.80. The van der Waals surface area contributed by atoms with E-state index in [9.17, 15) is 0 Å². The molecule has 1 fully saturated rings. The third kappa shape index (κ3) is 2.36. The molecular formula is C12H15BrClN3O2S. The summed E-state index contributed by atoms with van der Waals surface area (Å²) in [6, 6.07) is 0. The van der Waals surface area contributed by atoms with Gasteiger partial charge < -0.3 is 15.0 Å². The van der Waals surface area contributed by atoms with E-state index in [1.54, 1.807) is 18.4 Å². The Balaban J connectivity index is 0.00000147. The lowest BCUT2D eigenvalue weighted by molar-refractivity contribution is 0.229. The normalized spacial score (nSPS) is 16.4. The molecule has 0 amide bonds. The molecule has 3 rings (SSSR count). The minimum Gasteiger partial charge on any atom is -0.494 e. The van der Waals surface area contributed by atoms with Crippen LogP contribution in [0, 0.1) is 6.92 Å². The lowest BCUT2D eigenvalue weighted by Gasteiger charge is -2.34. The maximum Gasteiger partial charge on any atom is 0.271 e. The SMILES string of the molecule is COc1c(-c2nc(C3(N)CCC3)no2)sc(C)c1Br.Cl. The van der Waals surface area contributed by atoms with Crippen LogP contribution >= 0.6 is 39.7 Å². The molecule has 0 aromatic carbocycles. The van der Waals surface area contributed by atoms with Gasteiger partial charge in [-0.05, 0) is 42.1 Å². The Labute approximate surface area is 135 Å². The van der Waals surface area contributed by atoms with E-state index in [-0.39, 0.29) is 12.4 Å². The number of nitrogens with zero attached hydrogens (tertiary/aromatic N) is 2. The molecule has 2 aromatic heterocycles. The van der Waals surface area contributed by atoms with Gasteiger partial charge in [0.05, 0.1) is 17.1 Å². The van der Waals surface area contributed by atoms with E-state index in [2.05, 4.69) is 26.1 Å². The number of hydrogen-bond acceptors (Lipinski definition) is 6. The highest BCUT2D eigenvalue weighted by Gasteiger charge is 2.39. The second-order valence-electron chi connectivity index (χ2n) is 4.77.